The number of methoxy groups -OCH3 is 1. The van der Waals surface area contributed by atoms with Crippen molar-refractivity contribution in [3.05, 3.63) is 11.6 Å². The maximum absolute atomic E-state index is 9.72. The first-order chi connectivity index (χ1) is 6.63. The zero-order valence-corrected chi connectivity index (χ0v) is 8.30. The maximum atomic E-state index is 9.72. The first-order valence-electron chi connectivity index (χ1n) is 4.16. The lowest BCUT2D eigenvalue weighted by atomic mass is 10.1. The normalized spacial score (nSPS) is 18.9. The van der Waals surface area contributed by atoms with Crippen LogP contribution in [0.3, 0.4) is 0 Å². The fourth-order valence-corrected chi connectivity index (χ4v) is 1.88. The van der Waals surface area contributed by atoms with Gasteiger partial charge in [-0.25, -0.2) is 0 Å². The number of hydrogen-bond donors (Lipinski definition) is 3. The molecule has 0 amide bonds. The van der Waals surface area contributed by atoms with Crippen LogP contribution in [-0.4, -0.2) is 22.8 Å². The van der Waals surface area contributed by atoms with Crippen molar-refractivity contribution < 1.29 is 14.9 Å². The molecular weight excluding hydrogens is 206 g/mol. The summed E-state index contributed by atoms with van der Waals surface area (Å²) in [7, 11) is 1.39. The van der Waals surface area contributed by atoms with Gasteiger partial charge in [-0.05, 0) is 0 Å². The van der Waals surface area contributed by atoms with E-state index in [4.69, 9.17) is 16.3 Å². The second-order valence-electron chi connectivity index (χ2n) is 3.12. The summed E-state index contributed by atoms with van der Waals surface area (Å²) in [6.07, 6.45) is 0.513. The Morgan fingerprint density at radius 1 is 1.57 bits per heavy atom. The van der Waals surface area contributed by atoms with Gasteiger partial charge in [0.1, 0.15) is 5.50 Å². The van der Waals surface area contributed by atoms with E-state index in [1.165, 1.54) is 13.2 Å². The summed E-state index contributed by atoms with van der Waals surface area (Å²) in [4.78, 5) is 0. The van der Waals surface area contributed by atoms with E-state index in [1.807, 2.05) is 0 Å². The number of rotatable bonds is 1. The average Bonchev–Trinajstić information content (AvgIpc) is 2.47. The third-order valence-corrected chi connectivity index (χ3v) is 2.50. The molecule has 0 radical (unpaired) electrons. The van der Waals surface area contributed by atoms with Crippen LogP contribution in [0.2, 0.25) is 0 Å². The summed E-state index contributed by atoms with van der Waals surface area (Å²) < 4.78 is 4.87. The largest absolute Gasteiger partial charge is 0.504 e. The van der Waals surface area contributed by atoms with Crippen molar-refractivity contribution in [1.29, 1.82) is 0 Å². The van der Waals surface area contributed by atoms with Crippen molar-refractivity contribution in [1.82, 2.24) is 0 Å². The van der Waals surface area contributed by atoms with Crippen LogP contribution in [0.15, 0.2) is 6.07 Å². The fourth-order valence-electron chi connectivity index (χ4n) is 1.61. The van der Waals surface area contributed by atoms with Gasteiger partial charge in [0.05, 0.1) is 7.11 Å². The lowest BCUT2D eigenvalue weighted by Crippen LogP contribution is -2.04. The van der Waals surface area contributed by atoms with Gasteiger partial charge in [0.2, 0.25) is 5.75 Å². The second kappa shape index (κ2) is 3.13. The molecule has 1 heterocycles. The van der Waals surface area contributed by atoms with Crippen LogP contribution in [0.5, 0.6) is 17.2 Å². The molecule has 1 aromatic rings. The molecule has 0 aromatic heterocycles. The Hall–Kier alpha value is -1.29. The van der Waals surface area contributed by atoms with E-state index in [1.54, 1.807) is 0 Å². The molecule has 0 saturated heterocycles. The highest BCUT2D eigenvalue weighted by molar-refractivity contribution is 6.22. The Kier molecular flexibility index (Phi) is 2.07. The Balaban J connectivity index is 2.57. The SMILES string of the molecule is COc1c(O)cc2c(c1O)CC(Cl)N2. The standard InChI is InChI=1S/C9H10ClNO3/c1-14-9-6(12)3-5-4(8(9)13)2-7(10)11-5/h3,7,11-13H,2H2,1H3. The minimum atomic E-state index is -0.248. The van der Waals surface area contributed by atoms with E-state index >= 15 is 0 Å². The van der Waals surface area contributed by atoms with Gasteiger partial charge in [0, 0.05) is 23.7 Å². The third-order valence-electron chi connectivity index (χ3n) is 2.24. The van der Waals surface area contributed by atoms with Gasteiger partial charge in [-0.15, -0.1) is 0 Å². The Morgan fingerprint density at radius 3 is 2.93 bits per heavy atom. The zero-order valence-electron chi connectivity index (χ0n) is 7.54. The number of hydrogen-bond acceptors (Lipinski definition) is 4. The number of nitrogens with one attached hydrogen (secondary N) is 1. The van der Waals surface area contributed by atoms with Gasteiger partial charge in [-0.2, -0.15) is 0 Å². The molecule has 0 bridgehead atoms. The summed E-state index contributed by atoms with van der Waals surface area (Å²) in [6, 6.07) is 1.50. The molecule has 0 aliphatic carbocycles. The highest BCUT2D eigenvalue weighted by Gasteiger charge is 2.26. The van der Waals surface area contributed by atoms with Crippen LogP contribution in [0, 0.1) is 0 Å². The van der Waals surface area contributed by atoms with Crippen LogP contribution >= 0.6 is 11.6 Å². The van der Waals surface area contributed by atoms with Gasteiger partial charge in [-0.3, -0.25) is 0 Å². The van der Waals surface area contributed by atoms with Crippen LogP contribution in [0.4, 0.5) is 5.69 Å². The molecule has 0 spiro atoms. The predicted octanol–water partition coefficient (Wildman–Crippen LogP) is 1.64. The van der Waals surface area contributed by atoms with Gasteiger partial charge in [0.15, 0.2) is 11.5 Å². The molecule has 1 aliphatic rings. The number of anilines is 1. The quantitative estimate of drug-likeness (QED) is 0.492. The molecule has 0 saturated carbocycles. The van der Waals surface area contributed by atoms with Crippen molar-refractivity contribution in [2.45, 2.75) is 11.9 Å². The molecule has 2 rings (SSSR count). The zero-order chi connectivity index (χ0) is 10.3. The molecule has 1 unspecified atom stereocenters. The van der Waals surface area contributed by atoms with Crippen LogP contribution in [0.1, 0.15) is 5.56 Å². The number of aromatic hydroxyl groups is 2. The van der Waals surface area contributed by atoms with E-state index in [0.717, 1.165) is 0 Å². The number of fused-ring (bicyclic) bond motifs is 1. The number of benzene rings is 1. The van der Waals surface area contributed by atoms with Crippen molar-refractivity contribution >= 4 is 17.3 Å². The predicted molar refractivity (Wildman–Crippen MR) is 53.3 cm³/mol. The highest BCUT2D eigenvalue weighted by Crippen LogP contribution is 2.46. The van der Waals surface area contributed by atoms with Crippen molar-refractivity contribution in [2.75, 3.05) is 12.4 Å². The smallest absolute Gasteiger partial charge is 0.203 e. The Labute approximate surface area is 86.1 Å². The van der Waals surface area contributed by atoms with Gasteiger partial charge in [-0.1, -0.05) is 11.6 Å². The van der Waals surface area contributed by atoms with E-state index in [-0.39, 0.29) is 22.7 Å². The molecule has 5 heteroatoms. The fraction of sp³-hybridized carbons (Fsp3) is 0.333. The number of phenols is 2. The van der Waals surface area contributed by atoms with Gasteiger partial charge in [0.25, 0.3) is 0 Å². The summed E-state index contributed by atoms with van der Waals surface area (Å²) in [5.74, 6) is -0.0449. The minimum Gasteiger partial charge on any atom is -0.504 e. The monoisotopic (exact) mass is 215 g/mol. The van der Waals surface area contributed by atoms with Crippen molar-refractivity contribution in [3.8, 4) is 17.2 Å². The Bertz CT molecular complexity index is 381. The number of halogens is 1. The summed E-state index contributed by atoms with van der Waals surface area (Å²) >= 11 is 5.85. The summed E-state index contributed by atoms with van der Waals surface area (Å²) in [6.45, 7) is 0. The first-order valence-corrected chi connectivity index (χ1v) is 4.59. The second-order valence-corrected chi connectivity index (χ2v) is 3.65. The number of ether oxygens (including phenoxy) is 1. The summed E-state index contributed by atoms with van der Waals surface area (Å²) in [5, 5.41) is 22.1. The maximum Gasteiger partial charge on any atom is 0.203 e. The van der Waals surface area contributed by atoms with E-state index in [2.05, 4.69) is 5.32 Å². The molecule has 76 valence electrons. The molecule has 4 nitrogen and oxygen atoms in total. The topological polar surface area (TPSA) is 61.7 Å². The highest BCUT2D eigenvalue weighted by atomic mass is 35.5. The van der Waals surface area contributed by atoms with E-state index in [0.29, 0.717) is 17.7 Å². The van der Waals surface area contributed by atoms with Crippen molar-refractivity contribution in [2.24, 2.45) is 0 Å². The Morgan fingerprint density at radius 2 is 2.29 bits per heavy atom. The van der Waals surface area contributed by atoms with E-state index in [9.17, 15) is 10.2 Å². The minimum absolute atomic E-state index is 0.0434. The average molecular weight is 216 g/mol. The van der Waals surface area contributed by atoms with E-state index < -0.39 is 0 Å². The third kappa shape index (κ3) is 1.23. The molecule has 1 aliphatic heterocycles. The molecule has 14 heavy (non-hydrogen) atoms. The van der Waals surface area contributed by atoms with Crippen LogP contribution in [-0.2, 0) is 6.42 Å². The number of alkyl halides is 1. The first kappa shape index (κ1) is 9.27. The molecular formula is C9H10ClNO3. The lowest BCUT2D eigenvalue weighted by Gasteiger charge is -2.09. The lowest BCUT2D eigenvalue weighted by molar-refractivity contribution is 0.343. The molecule has 3 N–H and O–H groups in total. The van der Waals surface area contributed by atoms with Gasteiger partial charge >= 0.3 is 0 Å². The molecule has 1 aromatic carbocycles. The summed E-state index contributed by atoms with van der Waals surface area (Å²) in [5.41, 5.74) is 1.09. The van der Waals surface area contributed by atoms with Crippen LogP contribution in [0.25, 0.3) is 0 Å². The molecule has 0 fully saturated rings. The molecule has 1 atom stereocenters. The van der Waals surface area contributed by atoms with Gasteiger partial charge < -0.3 is 20.3 Å². The number of phenolic OH excluding ortho intramolecular Hbond substituents is 2. The van der Waals surface area contributed by atoms with Crippen LogP contribution < -0.4 is 10.1 Å². The van der Waals surface area contributed by atoms with Crippen molar-refractivity contribution in [3.63, 3.8) is 0 Å².